The third-order valence-electron chi connectivity index (χ3n) is 3.94. The first-order valence-electron chi connectivity index (χ1n) is 7.97. The lowest BCUT2D eigenvalue weighted by atomic mass is 10.1. The van der Waals surface area contributed by atoms with Gasteiger partial charge in [-0.15, -0.1) is 5.92 Å². The predicted octanol–water partition coefficient (Wildman–Crippen LogP) is 2.80. The first kappa shape index (κ1) is 19.8. The molecule has 0 unspecified atom stereocenters. The van der Waals surface area contributed by atoms with Crippen LogP contribution in [0.4, 0.5) is 4.39 Å². The molecule has 6 nitrogen and oxygen atoms in total. The molecule has 0 fully saturated rings. The minimum absolute atomic E-state index is 0.117. The van der Waals surface area contributed by atoms with Crippen molar-refractivity contribution in [3.8, 4) is 11.8 Å². The lowest BCUT2D eigenvalue weighted by molar-refractivity contribution is -0.318. The summed E-state index contributed by atoms with van der Waals surface area (Å²) in [5.74, 6) is 1.55. The third-order valence-corrected chi connectivity index (χ3v) is 3.94. The molecule has 0 bridgehead atoms. The van der Waals surface area contributed by atoms with Crippen LogP contribution in [0.25, 0.3) is 0 Å². The van der Waals surface area contributed by atoms with Gasteiger partial charge in [0.2, 0.25) is 0 Å². The zero-order valence-electron chi connectivity index (χ0n) is 15.2. The van der Waals surface area contributed by atoms with Gasteiger partial charge in [-0.25, -0.2) is 4.39 Å². The van der Waals surface area contributed by atoms with Crippen molar-refractivity contribution in [1.29, 1.82) is 0 Å². The quantitative estimate of drug-likeness (QED) is 0.412. The molecule has 0 saturated carbocycles. The van der Waals surface area contributed by atoms with Gasteiger partial charge in [0.05, 0.1) is 12.2 Å². The molecule has 138 valence electrons. The number of halogens is 1. The van der Waals surface area contributed by atoms with E-state index in [1.165, 1.54) is 18.9 Å². The van der Waals surface area contributed by atoms with Gasteiger partial charge in [-0.05, 0) is 19.4 Å². The van der Waals surface area contributed by atoms with Crippen molar-refractivity contribution in [3.63, 3.8) is 0 Å². The minimum Gasteiger partial charge on any atom is -0.324 e. The number of Topliss-reactive ketones (excluding diaryl/α,β-unsaturated/α-hetero) is 1. The summed E-state index contributed by atoms with van der Waals surface area (Å²) in [6.07, 6.45) is 0.981. The summed E-state index contributed by atoms with van der Waals surface area (Å²) in [6, 6.07) is 8.93. The molecule has 0 aliphatic heterocycles. The van der Waals surface area contributed by atoms with Gasteiger partial charge in [-0.2, -0.15) is 5.10 Å². The lowest BCUT2D eigenvalue weighted by Crippen LogP contribution is -2.47. The number of aromatic nitrogens is 2. The second-order valence-corrected chi connectivity index (χ2v) is 5.38. The highest BCUT2D eigenvalue weighted by atomic mass is 19.1. The third kappa shape index (κ3) is 3.83. The highest BCUT2D eigenvalue weighted by Crippen LogP contribution is 2.26. The average molecular weight is 360 g/mol. The van der Waals surface area contributed by atoms with Crippen LogP contribution in [0.2, 0.25) is 0 Å². The molecule has 2 rings (SSSR count). The Bertz CT molecular complexity index is 804. The first-order valence-corrected chi connectivity index (χ1v) is 7.97. The van der Waals surface area contributed by atoms with Crippen LogP contribution in [-0.2, 0) is 14.2 Å². The molecule has 1 aromatic carbocycles. The summed E-state index contributed by atoms with van der Waals surface area (Å²) < 4.78 is 31.4. The number of carbonyl (C=O) groups is 1. The van der Waals surface area contributed by atoms with E-state index in [4.69, 9.17) is 14.2 Å². The van der Waals surface area contributed by atoms with E-state index < -0.39 is 17.6 Å². The number of carbonyl (C=O) groups excluding carboxylic acids is 1. The zero-order chi connectivity index (χ0) is 19.2. The van der Waals surface area contributed by atoms with Gasteiger partial charge in [0.15, 0.2) is 5.82 Å². The van der Waals surface area contributed by atoms with Crippen molar-refractivity contribution in [2.24, 2.45) is 0 Å². The molecule has 1 atom stereocenters. The molecule has 0 radical (unpaired) electrons. The summed E-state index contributed by atoms with van der Waals surface area (Å²) >= 11 is 0. The molecule has 0 aliphatic rings. The lowest BCUT2D eigenvalue weighted by Gasteiger charge is -2.28. The number of benzene rings is 1. The molecule has 0 aliphatic carbocycles. The molecule has 1 heterocycles. The Morgan fingerprint density at radius 1 is 1.31 bits per heavy atom. The van der Waals surface area contributed by atoms with Crippen LogP contribution in [0.3, 0.4) is 0 Å². The van der Waals surface area contributed by atoms with E-state index in [0.29, 0.717) is 0 Å². The van der Waals surface area contributed by atoms with Crippen LogP contribution in [-0.4, -0.2) is 42.4 Å². The molecular weight excluding hydrogens is 339 g/mol. The maximum absolute atomic E-state index is 14.4. The summed E-state index contributed by atoms with van der Waals surface area (Å²) in [6.45, 7) is 3.32. The van der Waals surface area contributed by atoms with E-state index in [9.17, 15) is 9.18 Å². The van der Waals surface area contributed by atoms with Crippen molar-refractivity contribution < 1.29 is 23.4 Å². The van der Waals surface area contributed by atoms with Gasteiger partial charge < -0.3 is 14.2 Å². The second kappa shape index (κ2) is 8.72. The van der Waals surface area contributed by atoms with Crippen LogP contribution >= 0.6 is 0 Å². The molecule has 7 heteroatoms. The molecular formula is C19H21FN2O4. The first-order chi connectivity index (χ1) is 12.5. The van der Waals surface area contributed by atoms with Crippen molar-refractivity contribution in [2.45, 2.75) is 25.9 Å². The topological polar surface area (TPSA) is 62.6 Å². The Kier molecular flexibility index (Phi) is 6.64. The largest absolute Gasteiger partial charge is 0.353 e. The Morgan fingerprint density at radius 3 is 2.54 bits per heavy atom. The summed E-state index contributed by atoms with van der Waals surface area (Å²) in [4.78, 5) is 13.0. The van der Waals surface area contributed by atoms with Gasteiger partial charge in [0.25, 0.3) is 5.78 Å². The van der Waals surface area contributed by atoms with Gasteiger partial charge in [0.1, 0.15) is 12.3 Å². The maximum atomic E-state index is 14.4. The smallest absolute Gasteiger partial charge is 0.324 e. The average Bonchev–Trinajstić information content (AvgIpc) is 3.06. The minimum atomic E-state index is -2.11. The SMILES string of the molecule is CC#CCOC(OC)(OC)C(=O)c1c(F)cnn1[C@H](C)c1ccccc1. The number of hydrogen-bond acceptors (Lipinski definition) is 5. The van der Waals surface area contributed by atoms with E-state index >= 15 is 0 Å². The maximum Gasteiger partial charge on any atom is 0.353 e. The fourth-order valence-corrected chi connectivity index (χ4v) is 2.52. The summed E-state index contributed by atoms with van der Waals surface area (Å²) in [7, 11) is 2.47. The standard InChI is InChI=1S/C19H21FN2O4/c1-5-6-12-26-19(24-3,25-4)18(23)17-16(20)13-21-22(17)14(2)15-10-8-7-9-11-15/h7-11,13-14H,12H2,1-4H3/t14-/m1/s1. The molecule has 26 heavy (non-hydrogen) atoms. The van der Waals surface area contributed by atoms with E-state index in [-0.39, 0.29) is 18.3 Å². The van der Waals surface area contributed by atoms with E-state index in [1.807, 2.05) is 37.3 Å². The van der Waals surface area contributed by atoms with Crippen LogP contribution < -0.4 is 0 Å². The Balaban J connectivity index is 2.44. The van der Waals surface area contributed by atoms with Crippen molar-refractivity contribution >= 4 is 5.78 Å². The fraction of sp³-hybridized carbons (Fsp3) is 0.368. The van der Waals surface area contributed by atoms with Crippen molar-refractivity contribution in [2.75, 3.05) is 20.8 Å². The molecule has 1 aromatic heterocycles. The Hall–Kier alpha value is -2.53. The molecule has 0 N–H and O–H groups in total. The molecule has 0 saturated heterocycles. The number of ketones is 1. The number of rotatable bonds is 8. The van der Waals surface area contributed by atoms with Crippen LogP contribution in [0.5, 0.6) is 0 Å². The van der Waals surface area contributed by atoms with E-state index in [2.05, 4.69) is 16.9 Å². The number of hydrogen-bond donors (Lipinski definition) is 0. The fourth-order valence-electron chi connectivity index (χ4n) is 2.52. The summed E-state index contributed by atoms with van der Waals surface area (Å²) in [5.41, 5.74) is 0.567. The molecule has 2 aromatic rings. The second-order valence-electron chi connectivity index (χ2n) is 5.38. The normalized spacial score (nSPS) is 12.3. The van der Waals surface area contributed by atoms with Gasteiger partial charge >= 0.3 is 5.97 Å². The van der Waals surface area contributed by atoms with Crippen molar-refractivity contribution in [3.05, 3.63) is 53.6 Å². The van der Waals surface area contributed by atoms with Crippen LogP contribution in [0.15, 0.2) is 36.5 Å². The Labute approximate surface area is 151 Å². The zero-order valence-corrected chi connectivity index (χ0v) is 15.2. The Morgan fingerprint density at radius 2 is 1.96 bits per heavy atom. The number of methoxy groups -OCH3 is 2. The van der Waals surface area contributed by atoms with Crippen LogP contribution in [0, 0.1) is 17.7 Å². The van der Waals surface area contributed by atoms with Gasteiger partial charge in [0, 0.05) is 14.2 Å². The van der Waals surface area contributed by atoms with Crippen molar-refractivity contribution in [1.82, 2.24) is 9.78 Å². The number of nitrogens with zero attached hydrogens (tertiary/aromatic N) is 2. The summed E-state index contributed by atoms with van der Waals surface area (Å²) in [5, 5.41) is 4.02. The van der Waals surface area contributed by atoms with E-state index in [1.54, 1.807) is 6.92 Å². The highest BCUT2D eigenvalue weighted by molar-refractivity contribution is 5.99. The van der Waals surface area contributed by atoms with Crippen LogP contribution in [0.1, 0.15) is 35.9 Å². The highest BCUT2D eigenvalue weighted by Gasteiger charge is 2.45. The van der Waals surface area contributed by atoms with Gasteiger partial charge in [-0.1, -0.05) is 36.3 Å². The van der Waals surface area contributed by atoms with E-state index in [0.717, 1.165) is 11.8 Å². The predicted molar refractivity (Wildman–Crippen MR) is 92.9 cm³/mol. The molecule has 0 spiro atoms. The number of ether oxygens (including phenoxy) is 3. The monoisotopic (exact) mass is 360 g/mol. The molecule has 0 amide bonds. The van der Waals surface area contributed by atoms with Gasteiger partial charge in [-0.3, -0.25) is 9.48 Å².